The van der Waals surface area contributed by atoms with Crippen LogP contribution in [0.2, 0.25) is 5.02 Å². The van der Waals surface area contributed by atoms with E-state index in [9.17, 15) is 10.1 Å². The van der Waals surface area contributed by atoms with Crippen molar-refractivity contribution >= 4 is 35.0 Å². The van der Waals surface area contributed by atoms with E-state index in [4.69, 9.17) is 11.6 Å². The molecule has 1 atom stereocenters. The standard InChI is InChI=1S/C19H22ClN5O2/c1-12-10-19(2,3)24(4)17-9-15(20)13(8-14(12)17)11-22-23-18-16(25(26)27)6-5-7-21-18/h5-9,11-12H,10H2,1-4H3,(H,21,23)/b22-11-. The maximum Gasteiger partial charge on any atom is 0.313 e. The van der Waals surface area contributed by atoms with Crippen LogP contribution in [0.1, 0.15) is 44.2 Å². The van der Waals surface area contributed by atoms with Crippen LogP contribution in [0.15, 0.2) is 35.6 Å². The van der Waals surface area contributed by atoms with Gasteiger partial charge in [0.1, 0.15) is 0 Å². The van der Waals surface area contributed by atoms with Crippen molar-refractivity contribution in [2.75, 3.05) is 17.4 Å². The normalized spacial score (nSPS) is 18.4. The predicted octanol–water partition coefficient (Wildman–Crippen LogP) is 4.81. The Morgan fingerprint density at radius 1 is 1.48 bits per heavy atom. The van der Waals surface area contributed by atoms with Gasteiger partial charge in [-0.3, -0.25) is 15.5 Å². The van der Waals surface area contributed by atoms with Gasteiger partial charge in [0.25, 0.3) is 0 Å². The van der Waals surface area contributed by atoms with Gasteiger partial charge in [0, 0.05) is 36.1 Å². The number of hydrazone groups is 1. The molecule has 0 bridgehead atoms. The van der Waals surface area contributed by atoms with Crippen LogP contribution in [-0.4, -0.2) is 28.7 Å². The number of pyridine rings is 1. The predicted molar refractivity (Wildman–Crippen MR) is 109 cm³/mol. The summed E-state index contributed by atoms with van der Waals surface area (Å²) in [7, 11) is 2.08. The first kappa shape index (κ1) is 19.1. The summed E-state index contributed by atoms with van der Waals surface area (Å²) >= 11 is 6.46. The quantitative estimate of drug-likeness (QED) is 0.462. The third kappa shape index (κ3) is 3.73. The summed E-state index contributed by atoms with van der Waals surface area (Å²) < 4.78 is 0. The van der Waals surface area contributed by atoms with E-state index in [1.165, 1.54) is 23.9 Å². The third-order valence-electron chi connectivity index (χ3n) is 5.11. The molecular weight excluding hydrogens is 366 g/mol. The number of anilines is 2. The number of fused-ring (bicyclic) bond motifs is 1. The summed E-state index contributed by atoms with van der Waals surface area (Å²) in [6.07, 6.45) is 4.07. The molecular formula is C19H22ClN5O2. The fraction of sp³-hybridized carbons (Fsp3) is 0.368. The Balaban J connectivity index is 1.88. The molecule has 1 aliphatic heterocycles. The molecule has 0 radical (unpaired) electrons. The van der Waals surface area contributed by atoms with E-state index >= 15 is 0 Å². The molecule has 1 N–H and O–H groups in total. The zero-order valence-corrected chi connectivity index (χ0v) is 16.5. The molecule has 0 fully saturated rings. The highest BCUT2D eigenvalue weighted by Crippen LogP contribution is 2.44. The van der Waals surface area contributed by atoms with Crippen molar-refractivity contribution in [1.29, 1.82) is 0 Å². The molecule has 2 aromatic rings. The van der Waals surface area contributed by atoms with E-state index in [1.807, 2.05) is 12.1 Å². The molecule has 7 nitrogen and oxygen atoms in total. The number of nitrogens with one attached hydrogen (secondary N) is 1. The van der Waals surface area contributed by atoms with Gasteiger partial charge in [-0.25, -0.2) is 4.98 Å². The first-order valence-corrected chi connectivity index (χ1v) is 9.04. The summed E-state index contributed by atoms with van der Waals surface area (Å²) in [6.45, 7) is 6.65. The maximum absolute atomic E-state index is 11.0. The largest absolute Gasteiger partial charge is 0.369 e. The molecule has 2 heterocycles. The van der Waals surface area contributed by atoms with Crippen LogP contribution in [0.4, 0.5) is 17.2 Å². The van der Waals surface area contributed by atoms with Crippen LogP contribution in [0.25, 0.3) is 0 Å². The van der Waals surface area contributed by atoms with Crippen molar-refractivity contribution in [2.45, 2.75) is 38.6 Å². The van der Waals surface area contributed by atoms with Gasteiger partial charge in [-0.2, -0.15) is 5.10 Å². The second kappa shape index (κ2) is 7.15. The van der Waals surface area contributed by atoms with Gasteiger partial charge in [0.15, 0.2) is 0 Å². The van der Waals surface area contributed by atoms with Crippen LogP contribution >= 0.6 is 11.6 Å². The van der Waals surface area contributed by atoms with Gasteiger partial charge < -0.3 is 4.90 Å². The zero-order chi connectivity index (χ0) is 19.8. The summed E-state index contributed by atoms with van der Waals surface area (Å²) in [5, 5.41) is 15.7. The number of aromatic nitrogens is 1. The van der Waals surface area contributed by atoms with E-state index in [2.05, 4.69) is 48.2 Å². The number of rotatable bonds is 4. The van der Waals surface area contributed by atoms with E-state index < -0.39 is 4.92 Å². The van der Waals surface area contributed by atoms with E-state index in [1.54, 1.807) is 6.21 Å². The molecule has 0 saturated carbocycles. The van der Waals surface area contributed by atoms with Gasteiger partial charge >= 0.3 is 5.69 Å². The lowest BCUT2D eigenvalue weighted by Gasteiger charge is -2.45. The minimum atomic E-state index is -0.504. The summed E-state index contributed by atoms with van der Waals surface area (Å²) in [5.74, 6) is 0.475. The monoisotopic (exact) mass is 387 g/mol. The lowest BCUT2D eigenvalue weighted by atomic mass is 9.80. The fourth-order valence-corrected chi connectivity index (χ4v) is 3.70. The number of hydrogen-bond donors (Lipinski definition) is 1. The van der Waals surface area contributed by atoms with Crippen molar-refractivity contribution in [1.82, 2.24) is 4.98 Å². The van der Waals surface area contributed by atoms with Crippen molar-refractivity contribution < 1.29 is 4.92 Å². The highest BCUT2D eigenvalue weighted by Gasteiger charge is 2.34. The third-order valence-corrected chi connectivity index (χ3v) is 5.44. The molecule has 3 rings (SSSR count). The summed E-state index contributed by atoms with van der Waals surface area (Å²) in [6, 6.07) is 6.87. The van der Waals surface area contributed by atoms with Crippen molar-refractivity contribution in [2.24, 2.45) is 5.10 Å². The first-order valence-electron chi connectivity index (χ1n) is 8.66. The molecule has 0 spiro atoms. The maximum atomic E-state index is 11.0. The first-order chi connectivity index (χ1) is 12.7. The van der Waals surface area contributed by atoms with Crippen LogP contribution in [0.5, 0.6) is 0 Å². The number of nitrogens with zero attached hydrogens (tertiary/aromatic N) is 4. The van der Waals surface area contributed by atoms with Crippen molar-refractivity contribution in [3.8, 4) is 0 Å². The van der Waals surface area contributed by atoms with Crippen molar-refractivity contribution in [3.05, 3.63) is 56.7 Å². The molecule has 1 aromatic heterocycles. The minimum Gasteiger partial charge on any atom is -0.369 e. The smallest absolute Gasteiger partial charge is 0.313 e. The number of hydrogen-bond acceptors (Lipinski definition) is 6. The molecule has 0 saturated heterocycles. The second-order valence-corrected chi connectivity index (χ2v) is 7.81. The highest BCUT2D eigenvalue weighted by atomic mass is 35.5. The fourth-order valence-electron chi connectivity index (χ4n) is 3.50. The SMILES string of the molecule is CC1CC(C)(C)N(C)c2cc(Cl)c(/C=N\Nc3ncccc3[N+](=O)[O-])cc21. The molecule has 142 valence electrons. The van der Waals surface area contributed by atoms with Gasteiger partial charge in [0.05, 0.1) is 16.2 Å². The molecule has 27 heavy (non-hydrogen) atoms. The molecule has 0 amide bonds. The van der Waals surface area contributed by atoms with Gasteiger partial charge in [-0.15, -0.1) is 0 Å². The molecule has 0 aliphatic carbocycles. The number of nitro groups is 1. The lowest BCUT2D eigenvalue weighted by Crippen LogP contribution is -2.45. The molecule has 1 aliphatic rings. The Kier molecular flexibility index (Phi) is 5.06. The average molecular weight is 388 g/mol. The van der Waals surface area contributed by atoms with Gasteiger partial charge in [-0.1, -0.05) is 18.5 Å². The Labute approximate surface area is 163 Å². The zero-order valence-electron chi connectivity index (χ0n) is 15.7. The Hall–Kier alpha value is -2.67. The second-order valence-electron chi connectivity index (χ2n) is 7.41. The van der Waals surface area contributed by atoms with Gasteiger partial charge in [-0.05, 0) is 49.9 Å². The average Bonchev–Trinajstić information content (AvgIpc) is 2.60. The number of benzene rings is 1. The van der Waals surface area contributed by atoms with Crippen LogP contribution in [0, 0.1) is 10.1 Å². The van der Waals surface area contributed by atoms with Crippen molar-refractivity contribution in [3.63, 3.8) is 0 Å². The Morgan fingerprint density at radius 2 is 2.22 bits per heavy atom. The highest BCUT2D eigenvalue weighted by molar-refractivity contribution is 6.33. The van der Waals surface area contributed by atoms with E-state index in [0.29, 0.717) is 10.9 Å². The molecule has 1 aromatic carbocycles. The van der Waals surface area contributed by atoms with Crippen LogP contribution < -0.4 is 10.3 Å². The molecule has 8 heteroatoms. The minimum absolute atomic E-state index is 0.0603. The van der Waals surface area contributed by atoms with Crippen LogP contribution in [-0.2, 0) is 0 Å². The summed E-state index contributed by atoms with van der Waals surface area (Å²) in [5.41, 5.74) is 5.64. The number of halogens is 1. The lowest BCUT2D eigenvalue weighted by molar-refractivity contribution is -0.384. The summed E-state index contributed by atoms with van der Waals surface area (Å²) in [4.78, 5) is 16.7. The topological polar surface area (TPSA) is 83.7 Å². The van der Waals surface area contributed by atoms with Crippen LogP contribution in [0.3, 0.4) is 0 Å². The van der Waals surface area contributed by atoms with E-state index in [-0.39, 0.29) is 17.0 Å². The molecule has 1 unspecified atom stereocenters. The van der Waals surface area contributed by atoms with E-state index in [0.717, 1.165) is 17.7 Å². The van der Waals surface area contributed by atoms with Gasteiger partial charge in [0.2, 0.25) is 5.82 Å². The Bertz CT molecular complexity index is 913. The Morgan fingerprint density at radius 3 is 2.93 bits per heavy atom.